The van der Waals surface area contributed by atoms with Crippen molar-refractivity contribution in [2.24, 2.45) is 23.6 Å². The fourth-order valence-electron chi connectivity index (χ4n) is 4.64. The molecule has 0 amide bonds. The third-order valence-electron chi connectivity index (χ3n) is 5.59. The van der Waals surface area contributed by atoms with Gasteiger partial charge in [-0.1, -0.05) is 39.5 Å². The smallest absolute Gasteiger partial charge is 0.0849 e. The predicted octanol–water partition coefficient (Wildman–Crippen LogP) is 3.24. The van der Waals surface area contributed by atoms with Crippen LogP contribution in [0.1, 0.15) is 65.2 Å². The van der Waals surface area contributed by atoms with Crippen LogP contribution in [0.15, 0.2) is 0 Å². The first-order chi connectivity index (χ1) is 9.11. The van der Waals surface area contributed by atoms with Crippen molar-refractivity contribution in [3.8, 4) is 0 Å². The lowest BCUT2D eigenvalue weighted by atomic mass is 9.67. The van der Waals surface area contributed by atoms with Gasteiger partial charge in [-0.2, -0.15) is 0 Å². The lowest BCUT2D eigenvalue weighted by Crippen LogP contribution is -2.60. The van der Waals surface area contributed by atoms with Crippen LogP contribution >= 0.6 is 0 Å². The number of hydrogen-bond acceptors (Lipinski definition) is 3. The van der Waals surface area contributed by atoms with E-state index in [1.165, 1.54) is 38.5 Å². The quantitative estimate of drug-likeness (QED) is 0.608. The average molecular weight is 268 g/mol. The highest BCUT2D eigenvalue weighted by atomic mass is 16.5. The minimum atomic E-state index is -0.0336. The Bertz CT molecular complexity index is 284. The average Bonchev–Trinajstić information content (AvgIpc) is 2.39. The topological polar surface area (TPSA) is 47.3 Å². The molecule has 0 bridgehead atoms. The maximum atomic E-state index is 6.05. The molecule has 0 saturated heterocycles. The molecule has 0 aromatic rings. The van der Waals surface area contributed by atoms with Gasteiger partial charge in [-0.25, -0.2) is 0 Å². The van der Waals surface area contributed by atoms with Gasteiger partial charge in [0.15, 0.2) is 0 Å². The van der Waals surface area contributed by atoms with Gasteiger partial charge in [-0.3, -0.25) is 11.3 Å². The summed E-state index contributed by atoms with van der Waals surface area (Å²) in [5.74, 6) is 8.23. The summed E-state index contributed by atoms with van der Waals surface area (Å²) in [5, 5.41) is 0. The first-order valence-corrected chi connectivity index (χ1v) is 8.12. The number of hydrogen-bond donors (Lipinski definition) is 2. The zero-order valence-electron chi connectivity index (χ0n) is 13.0. The van der Waals surface area contributed by atoms with E-state index in [1.54, 1.807) is 0 Å². The molecule has 5 unspecified atom stereocenters. The van der Waals surface area contributed by atoms with Crippen LogP contribution in [-0.2, 0) is 4.74 Å². The second-order valence-corrected chi connectivity index (χ2v) is 7.15. The summed E-state index contributed by atoms with van der Waals surface area (Å²) < 4.78 is 6.05. The zero-order valence-corrected chi connectivity index (χ0v) is 13.0. The highest BCUT2D eigenvalue weighted by Crippen LogP contribution is 2.43. The third kappa shape index (κ3) is 3.32. The standard InChI is InChI=1S/C16H32N2O/c1-12-6-4-8-14(10-12)15(18-17)16(19-3)9-5-7-13(2)11-16/h12-15,18H,4-11,17H2,1-3H3. The number of hydrazine groups is 1. The largest absolute Gasteiger partial charge is 0.377 e. The Balaban J connectivity index is 2.13. The van der Waals surface area contributed by atoms with Gasteiger partial charge in [-0.15, -0.1) is 0 Å². The molecule has 19 heavy (non-hydrogen) atoms. The van der Waals surface area contributed by atoms with E-state index in [9.17, 15) is 0 Å². The summed E-state index contributed by atoms with van der Waals surface area (Å²) >= 11 is 0. The SMILES string of the molecule is COC1(C(NN)C2CCCC(C)C2)CCCC(C)C1. The van der Waals surface area contributed by atoms with Crippen LogP contribution in [0.25, 0.3) is 0 Å². The Hall–Kier alpha value is -0.120. The molecule has 5 atom stereocenters. The fourth-order valence-corrected chi connectivity index (χ4v) is 4.64. The van der Waals surface area contributed by atoms with Crippen LogP contribution < -0.4 is 11.3 Å². The van der Waals surface area contributed by atoms with Crippen molar-refractivity contribution in [3.63, 3.8) is 0 Å². The molecule has 112 valence electrons. The number of nitrogens with two attached hydrogens (primary N) is 1. The maximum Gasteiger partial charge on any atom is 0.0849 e. The highest BCUT2D eigenvalue weighted by molar-refractivity contribution is 5.00. The van der Waals surface area contributed by atoms with Crippen LogP contribution in [0.4, 0.5) is 0 Å². The van der Waals surface area contributed by atoms with Gasteiger partial charge in [0.25, 0.3) is 0 Å². The molecule has 3 nitrogen and oxygen atoms in total. The lowest BCUT2D eigenvalue weighted by Gasteiger charge is -2.48. The molecule has 2 rings (SSSR count). The van der Waals surface area contributed by atoms with Crippen molar-refractivity contribution in [1.29, 1.82) is 0 Å². The van der Waals surface area contributed by atoms with Gasteiger partial charge in [0.1, 0.15) is 0 Å². The predicted molar refractivity (Wildman–Crippen MR) is 79.6 cm³/mol. The monoisotopic (exact) mass is 268 g/mol. The normalized spacial score (nSPS) is 42.0. The van der Waals surface area contributed by atoms with Gasteiger partial charge < -0.3 is 4.74 Å². The summed E-state index contributed by atoms with van der Waals surface area (Å²) in [6, 6.07) is 0.322. The molecule has 0 aromatic heterocycles. The summed E-state index contributed by atoms with van der Waals surface area (Å²) in [6.07, 6.45) is 10.3. The number of ether oxygens (including phenoxy) is 1. The van der Waals surface area contributed by atoms with E-state index in [2.05, 4.69) is 19.3 Å². The van der Waals surface area contributed by atoms with E-state index in [1.807, 2.05) is 7.11 Å². The molecule has 0 aromatic carbocycles. The molecule has 3 N–H and O–H groups in total. The third-order valence-corrected chi connectivity index (χ3v) is 5.59. The Labute approximate surface area is 118 Å². The van der Waals surface area contributed by atoms with Gasteiger partial charge in [-0.05, 0) is 43.4 Å². The summed E-state index contributed by atoms with van der Waals surface area (Å²) in [5.41, 5.74) is 3.12. The minimum Gasteiger partial charge on any atom is -0.377 e. The molecular formula is C16H32N2O. The van der Waals surface area contributed by atoms with Crippen LogP contribution in [-0.4, -0.2) is 18.8 Å². The number of nitrogens with one attached hydrogen (secondary N) is 1. The van der Waals surface area contributed by atoms with Gasteiger partial charge in [0.2, 0.25) is 0 Å². The van der Waals surface area contributed by atoms with E-state index >= 15 is 0 Å². The van der Waals surface area contributed by atoms with Crippen molar-refractivity contribution < 1.29 is 4.74 Å². The van der Waals surface area contributed by atoms with Gasteiger partial charge >= 0.3 is 0 Å². The van der Waals surface area contributed by atoms with E-state index in [4.69, 9.17) is 10.6 Å². The van der Waals surface area contributed by atoms with Crippen LogP contribution in [0.2, 0.25) is 0 Å². The molecule has 0 radical (unpaired) electrons. The first-order valence-electron chi connectivity index (χ1n) is 8.12. The van der Waals surface area contributed by atoms with Crippen LogP contribution in [0, 0.1) is 17.8 Å². The molecule has 2 aliphatic carbocycles. The minimum absolute atomic E-state index is 0.0336. The summed E-state index contributed by atoms with van der Waals surface area (Å²) in [4.78, 5) is 0. The Morgan fingerprint density at radius 1 is 1.16 bits per heavy atom. The van der Waals surface area contributed by atoms with Crippen molar-refractivity contribution in [3.05, 3.63) is 0 Å². The van der Waals surface area contributed by atoms with E-state index in [0.29, 0.717) is 12.0 Å². The maximum absolute atomic E-state index is 6.05. The van der Waals surface area contributed by atoms with Crippen LogP contribution in [0.5, 0.6) is 0 Å². The Morgan fingerprint density at radius 2 is 1.89 bits per heavy atom. The van der Waals surface area contributed by atoms with Gasteiger partial charge in [0, 0.05) is 7.11 Å². The second kappa shape index (κ2) is 6.55. The summed E-state index contributed by atoms with van der Waals surface area (Å²) in [6.45, 7) is 4.73. The molecule has 0 aliphatic heterocycles. The molecule has 0 heterocycles. The van der Waals surface area contributed by atoms with E-state index < -0.39 is 0 Å². The molecule has 3 heteroatoms. The number of rotatable bonds is 4. The Kier molecular flexibility index (Phi) is 5.27. The lowest BCUT2D eigenvalue weighted by molar-refractivity contribution is -0.0975. The van der Waals surface area contributed by atoms with Crippen molar-refractivity contribution in [2.75, 3.05) is 7.11 Å². The Morgan fingerprint density at radius 3 is 2.47 bits per heavy atom. The molecule has 2 aliphatic rings. The highest BCUT2D eigenvalue weighted by Gasteiger charge is 2.45. The zero-order chi connectivity index (χ0) is 13.9. The van der Waals surface area contributed by atoms with Gasteiger partial charge in [0.05, 0.1) is 11.6 Å². The first kappa shape index (κ1) is 15.3. The van der Waals surface area contributed by atoms with Crippen molar-refractivity contribution in [2.45, 2.75) is 76.9 Å². The molecule has 2 saturated carbocycles. The molecule has 0 spiro atoms. The van der Waals surface area contributed by atoms with Crippen molar-refractivity contribution in [1.82, 2.24) is 5.43 Å². The van der Waals surface area contributed by atoms with E-state index in [0.717, 1.165) is 24.7 Å². The van der Waals surface area contributed by atoms with Crippen molar-refractivity contribution >= 4 is 0 Å². The molecular weight excluding hydrogens is 236 g/mol. The van der Waals surface area contributed by atoms with Crippen LogP contribution in [0.3, 0.4) is 0 Å². The second-order valence-electron chi connectivity index (χ2n) is 7.15. The van der Waals surface area contributed by atoms with E-state index in [-0.39, 0.29) is 5.60 Å². The number of methoxy groups -OCH3 is 1. The molecule has 2 fully saturated rings. The fraction of sp³-hybridized carbons (Fsp3) is 1.00. The summed E-state index contributed by atoms with van der Waals surface area (Å²) in [7, 11) is 1.88.